The molecule has 4 aliphatic rings. The normalized spacial score (nSPS) is 22.6. The fraction of sp³-hybridized carbons (Fsp3) is 0.545. The van der Waals surface area contributed by atoms with E-state index in [0.717, 1.165) is 58.9 Å². The molecule has 0 spiro atoms. The maximum absolute atomic E-state index is 13.9. The number of fused-ring (bicyclic) bond motifs is 2. The SMILES string of the molecule is CC(C)[C@@H](NC(=O)O[C@H]1CCOC1)C(=O)N1CCC[C@H]1c1nc2ccc(C#Cc3ccc4nc([C@@H]5CCCN5C(=O)[C@H](NC(=O)O[C@H]5CCOC5)C(C)C)[nH]c4c3)cc2[nH]1. The topological polar surface area (TPSA) is 193 Å². The number of H-pyrrole nitrogens is 2. The molecule has 4 aromatic rings. The van der Waals surface area contributed by atoms with E-state index in [9.17, 15) is 19.2 Å². The third-order valence-electron chi connectivity index (χ3n) is 11.8. The Morgan fingerprint density at radius 3 is 1.50 bits per heavy atom. The van der Waals surface area contributed by atoms with Gasteiger partial charge < -0.3 is 49.3 Å². The first kappa shape index (κ1) is 41.1. The van der Waals surface area contributed by atoms with E-state index >= 15 is 0 Å². The number of carbonyl (C=O) groups excluding carboxylic acids is 4. The monoisotopic (exact) mass is 822 g/mol. The predicted octanol–water partition coefficient (Wildman–Crippen LogP) is 5.25. The lowest BCUT2D eigenvalue weighted by atomic mass is 10.0. The Hall–Kier alpha value is -5.66. The van der Waals surface area contributed by atoms with Crippen LogP contribution in [0.25, 0.3) is 22.1 Å². The minimum Gasteiger partial charge on any atom is -0.444 e. The van der Waals surface area contributed by atoms with Crippen LogP contribution in [0.2, 0.25) is 0 Å². The van der Waals surface area contributed by atoms with Crippen molar-refractivity contribution in [1.82, 2.24) is 40.4 Å². The minimum atomic E-state index is -0.734. The standard InChI is InChI=1S/C44H54N8O8/c1-25(2)37(49-43(55)59-29-15-19-57-23-29)41(53)51-17-5-7-35(51)39-45-31-13-11-27(21-33(31)47-39)9-10-28-12-14-32-34(22-28)48-40(46-32)36-8-6-18-52(36)42(54)38(26(3)4)50-44(56)60-30-16-20-58-24-30/h11-14,21-22,25-26,29-30,35-38H,5-8,15-20,23-24H2,1-4H3,(H,45,47)(H,46,48)(H,49,55)(H,50,56)/t29-,30-,35-,36-,37+,38+/m0/s1. The van der Waals surface area contributed by atoms with Crippen molar-refractivity contribution < 1.29 is 38.1 Å². The fourth-order valence-corrected chi connectivity index (χ4v) is 8.52. The summed E-state index contributed by atoms with van der Waals surface area (Å²) in [6.07, 6.45) is 2.63. The Balaban J connectivity index is 0.929. The molecule has 0 unspecified atom stereocenters. The molecule has 4 amide bonds. The number of hydrogen-bond donors (Lipinski definition) is 4. The van der Waals surface area contributed by atoms with E-state index in [1.807, 2.05) is 73.9 Å². The van der Waals surface area contributed by atoms with Crippen molar-refractivity contribution >= 4 is 46.1 Å². The van der Waals surface area contributed by atoms with Crippen molar-refractivity contribution in [1.29, 1.82) is 0 Å². The van der Waals surface area contributed by atoms with Crippen molar-refractivity contribution in [2.75, 3.05) is 39.5 Å². The number of imidazole rings is 2. The Bertz CT molecular complexity index is 2120. The van der Waals surface area contributed by atoms with E-state index in [4.69, 9.17) is 28.9 Å². The lowest BCUT2D eigenvalue weighted by molar-refractivity contribution is -0.136. The van der Waals surface area contributed by atoms with E-state index in [1.54, 1.807) is 0 Å². The first-order chi connectivity index (χ1) is 29.0. The molecule has 16 nitrogen and oxygen atoms in total. The van der Waals surface area contributed by atoms with Gasteiger partial charge in [0, 0.05) is 37.1 Å². The first-order valence-corrected chi connectivity index (χ1v) is 21.2. The van der Waals surface area contributed by atoms with Crippen LogP contribution in [0.15, 0.2) is 36.4 Å². The Kier molecular flexibility index (Phi) is 12.3. The van der Waals surface area contributed by atoms with Crippen molar-refractivity contribution in [2.45, 2.75) is 103 Å². The molecule has 6 atom stereocenters. The lowest BCUT2D eigenvalue weighted by Crippen LogP contribution is -2.51. The van der Waals surface area contributed by atoms with Crippen LogP contribution in [-0.4, -0.2) is 118 Å². The quantitative estimate of drug-likeness (QED) is 0.154. The molecule has 0 bridgehead atoms. The molecule has 0 aliphatic carbocycles. The van der Waals surface area contributed by atoms with Gasteiger partial charge >= 0.3 is 12.2 Å². The number of benzene rings is 2. The average molecular weight is 823 g/mol. The second-order valence-corrected chi connectivity index (χ2v) is 16.9. The molecule has 2 aromatic heterocycles. The number of aromatic nitrogens is 4. The number of likely N-dealkylation sites (tertiary alicyclic amines) is 2. The fourth-order valence-electron chi connectivity index (χ4n) is 8.52. The number of hydrogen-bond acceptors (Lipinski definition) is 10. The Labute approximate surface area is 348 Å². The van der Waals surface area contributed by atoms with Gasteiger partial charge in [0.05, 0.1) is 60.6 Å². The molecule has 0 saturated carbocycles. The van der Waals surface area contributed by atoms with Crippen LogP contribution in [-0.2, 0) is 28.5 Å². The maximum Gasteiger partial charge on any atom is 0.408 e. The summed E-state index contributed by atoms with van der Waals surface area (Å²) >= 11 is 0. The van der Waals surface area contributed by atoms with Crippen LogP contribution < -0.4 is 10.6 Å². The maximum atomic E-state index is 13.9. The largest absolute Gasteiger partial charge is 0.444 e. The molecule has 60 heavy (non-hydrogen) atoms. The highest BCUT2D eigenvalue weighted by Gasteiger charge is 2.39. The summed E-state index contributed by atoms with van der Waals surface area (Å²) in [5.41, 5.74) is 4.78. The van der Waals surface area contributed by atoms with Gasteiger partial charge in [0.15, 0.2) is 0 Å². The third kappa shape index (κ3) is 9.07. The van der Waals surface area contributed by atoms with Crippen LogP contribution >= 0.6 is 0 Å². The summed E-state index contributed by atoms with van der Waals surface area (Å²) < 4.78 is 21.6. The van der Waals surface area contributed by atoms with E-state index in [1.165, 1.54) is 0 Å². The highest BCUT2D eigenvalue weighted by Crippen LogP contribution is 2.34. The van der Waals surface area contributed by atoms with Crippen molar-refractivity contribution in [3.05, 3.63) is 59.2 Å². The smallest absolute Gasteiger partial charge is 0.408 e. The summed E-state index contributed by atoms with van der Waals surface area (Å²) in [6.45, 7) is 10.6. The van der Waals surface area contributed by atoms with Gasteiger partial charge in [-0.3, -0.25) is 9.59 Å². The Morgan fingerprint density at radius 1 is 0.683 bits per heavy atom. The van der Waals surface area contributed by atoms with Gasteiger partial charge in [-0.05, 0) is 73.9 Å². The Morgan fingerprint density at radius 2 is 1.12 bits per heavy atom. The van der Waals surface area contributed by atoms with Crippen molar-refractivity contribution in [3.63, 3.8) is 0 Å². The zero-order chi connectivity index (χ0) is 41.9. The number of aromatic amines is 2. The molecule has 2 aromatic carbocycles. The highest BCUT2D eigenvalue weighted by atomic mass is 16.6. The van der Waals surface area contributed by atoms with Crippen LogP contribution in [0.4, 0.5) is 9.59 Å². The average Bonchev–Trinajstić information content (AvgIpc) is 4.08. The summed E-state index contributed by atoms with van der Waals surface area (Å²) in [5.74, 6) is 7.36. The van der Waals surface area contributed by atoms with Gasteiger partial charge in [-0.25, -0.2) is 19.6 Å². The van der Waals surface area contributed by atoms with E-state index in [0.29, 0.717) is 64.0 Å². The van der Waals surface area contributed by atoms with E-state index in [2.05, 4.69) is 32.4 Å². The number of amides is 4. The summed E-state index contributed by atoms with van der Waals surface area (Å²) in [7, 11) is 0. The molecule has 4 saturated heterocycles. The summed E-state index contributed by atoms with van der Waals surface area (Å²) in [5, 5.41) is 5.62. The zero-order valence-electron chi connectivity index (χ0n) is 34.6. The second-order valence-electron chi connectivity index (χ2n) is 16.9. The van der Waals surface area contributed by atoms with Gasteiger partial charge in [0.1, 0.15) is 35.9 Å². The van der Waals surface area contributed by atoms with Gasteiger partial charge in [-0.2, -0.15) is 0 Å². The molecule has 4 N–H and O–H groups in total. The molecule has 16 heteroatoms. The summed E-state index contributed by atoms with van der Waals surface area (Å²) in [6, 6.07) is 9.65. The van der Waals surface area contributed by atoms with Gasteiger partial charge in [0.2, 0.25) is 11.8 Å². The molecule has 6 heterocycles. The van der Waals surface area contributed by atoms with Crippen LogP contribution in [0.3, 0.4) is 0 Å². The highest BCUT2D eigenvalue weighted by molar-refractivity contribution is 5.88. The molecule has 4 fully saturated rings. The first-order valence-electron chi connectivity index (χ1n) is 21.2. The molecular formula is C44H54N8O8. The van der Waals surface area contributed by atoms with Crippen LogP contribution in [0, 0.1) is 23.7 Å². The number of ether oxygens (including phenoxy) is 4. The minimum absolute atomic E-state index is 0.143. The molecular weight excluding hydrogens is 769 g/mol. The van der Waals surface area contributed by atoms with Crippen LogP contribution in [0.5, 0.6) is 0 Å². The number of nitrogens with one attached hydrogen (secondary N) is 4. The molecule has 8 rings (SSSR count). The zero-order valence-corrected chi connectivity index (χ0v) is 34.6. The number of rotatable bonds is 10. The number of nitrogens with zero attached hydrogens (tertiary/aromatic N) is 4. The molecule has 0 radical (unpaired) electrons. The number of carbonyl (C=O) groups is 4. The molecule has 318 valence electrons. The van der Waals surface area contributed by atoms with E-state index in [-0.39, 0.29) is 47.9 Å². The van der Waals surface area contributed by atoms with Crippen molar-refractivity contribution in [3.8, 4) is 11.8 Å². The number of alkyl carbamates (subject to hydrolysis) is 2. The predicted molar refractivity (Wildman–Crippen MR) is 220 cm³/mol. The van der Waals surface area contributed by atoms with E-state index < -0.39 is 24.3 Å². The van der Waals surface area contributed by atoms with Crippen LogP contribution in [0.1, 0.15) is 101 Å². The van der Waals surface area contributed by atoms with Gasteiger partial charge in [-0.15, -0.1) is 0 Å². The molecule has 4 aliphatic heterocycles. The third-order valence-corrected chi connectivity index (χ3v) is 11.8. The second kappa shape index (κ2) is 17.9. The summed E-state index contributed by atoms with van der Waals surface area (Å²) in [4.78, 5) is 73.4. The lowest BCUT2D eigenvalue weighted by Gasteiger charge is -2.30. The van der Waals surface area contributed by atoms with Gasteiger partial charge in [0.25, 0.3) is 0 Å². The van der Waals surface area contributed by atoms with Crippen molar-refractivity contribution in [2.24, 2.45) is 11.8 Å². The van der Waals surface area contributed by atoms with Gasteiger partial charge in [-0.1, -0.05) is 39.5 Å².